The topological polar surface area (TPSA) is 50.1 Å². The van der Waals surface area contributed by atoms with Gasteiger partial charge in [0.05, 0.1) is 13.0 Å². The summed E-state index contributed by atoms with van der Waals surface area (Å²) in [5, 5.41) is 11.5. The van der Waals surface area contributed by atoms with Gasteiger partial charge >= 0.3 is 0 Å². The number of allylic oxidation sites excluding steroid dienone is 1. The number of hydrogen-bond donors (Lipinski definition) is 0. The minimum absolute atomic E-state index is 0.0552. The third kappa shape index (κ3) is 2.79. The molecule has 0 spiro atoms. The van der Waals surface area contributed by atoms with Gasteiger partial charge in [-0.25, -0.2) is 4.79 Å². The molecule has 3 aromatic rings. The lowest BCUT2D eigenvalue weighted by Gasteiger charge is -2.18. The molecule has 0 saturated heterocycles. The van der Waals surface area contributed by atoms with Crippen molar-refractivity contribution in [3.8, 4) is 11.8 Å². The molecular formula is C21H15NO2. The first-order chi connectivity index (χ1) is 11.8. The molecule has 3 nitrogen and oxygen atoms in total. The molecule has 0 amide bonds. The van der Waals surface area contributed by atoms with Crippen LogP contribution in [0.5, 0.6) is 5.75 Å². The molecule has 0 fully saturated rings. The molecule has 0 aliphatic rings. The Morgan fingerprint density at radius 3 is 2.54 bits per heavy atom. The minimum atomic E-state index is -0.478. The second-order valence-corrected chi connectivity index (χ2v) is 5.41. The summed E-state index contributed by atoms with van der Waals surface area (Å²) < 4.78 is 5.28. The van der Waals surface area contributed by atoms with Gasteiger partial charge < -0.3 is 4.74 Å². The molecule has 0 radical (unpaired) electrons. The van der Waals surface area contributed by atoms with E-state index in [1.54, 1.807) is 7.11 Å². The molecule has 0 saturated carbocycles. The Morgan fingerprint density at radius 1 is 1.04 bits per heavy atom. The van der Waals surface area contributed by atoms with Crippen molar-refractivity contribution in [3.63, 3.8) is 0 Å². The number of rotatable bonds is 4. The Balaban J connectivity index is 2.29. The van der Waals surface area contributed by atoms with Crippen LogP contribution < -0.4 is 4.74 Å². The average Bonchev–Trinajstić information content (AvgIpc) is 2.65. The molecule has 1 atom stereocenters. The molecule has 3 aromatic carbocycles. The van der Waals surface area contributed by atoms with Crippen LogP contribution in [0.4, 0.5) is 0 Å². The molecule has 0 aromatic heterocycles. The Kier molecular flexibility index (Phi) is 4.43. The van der Waals surface area contributed by atoms with Crippen molar-refractivity contribution >= 4 is 16.7 Å². The maximum Gasteiger partial charge on any atom is 0.140 e. The van der Waals surface area contributed by atoms with Crippen molar-refractivity contribution in [2.75, 3.05) is 7.11 Å². The number of nitrogens with zero attached hydrogens (tertiary/aromatic N) is 1. The van der Waals surface area contributed by atoms with Crippen LogP contribution in [0.2, 0.25) is 0 Å². The van der Waals surface area contributed by atoms with Crippen LogP contribution >= 0.6 is 0 Å². The Morgan fingerprint density at radius 2 is 1.79 bits per heavy atom. The number of fused-ring (bicyclic) bond motifs is 1. The maximum absolute atomic E-state index is 11.4. The van der Waals surface area contributed by atoms with Gasteiger partial charge in [-0.2, -0.15) is 5.26 Å². The SMILES string of the molecule is COc1cccc(C(C(=C=O)C#N)c2cccc3ccccc23)c1. The van der Waals surface area contributed by atoms with Crippen molar-refractivity contribution in [2.24, 2.45) is 0 Å². The molecule has 24 heavy (non-hydrogen) atoms. The largest absolute Gasteiger partial charge is 0.497 e. The maximum atomic E-state index is 11.4. The highest BCUT2D eigenvalue weighted by Gasteiger charge is 2.22. The molecule has 0 heterocycles. The van der Waals surface area contributed by atoms with Crippen molar-refractivity contribution < 1.29 is 9.53 Å². The van der Waals surface area contributed by atoms with Crippen LogP contribution in [-0.4, -0.2) is 13.1 Å². The van der Waals surface area contributed by atoms with Gasteiger partial charge in [0.2, 0.25) is 0 Å². The highest BCUT2D eigenvalue weighted by atomic mass is 16.5. The van der Waals surface area contributed by atoms with Crippen LogP contribution in [0.1, 0.15) is 17.0 Å². The van der Waals surface area contributed by atoms with Crippen molar-refractivity contribution in [1.29, 1.82) is 5.26 Å². The minimum Gasteiger partial charge on any atom is -0.497 e. The van der Waals surface area contributed by atoms with Gasteiger partial charge in [-0.05, 0) is 34.0 Å². The lowest BCUT2D eigenvalue weighted by Crippen LogP contribution is -2.05. The first-order valence-electron chi connectivity index (χ1n) is 7.55. The third-order valence-corrected chi connectivity index (χ3v) is 4.08. The summed E-state index contributed by atoms with van der Waals surface area (Å²) in [6.45, 7) is 0. The predicted molar refractivity (Wildman–Crippen MR) is 93.6 cm³/mol. The standard InChI is InChI=1S/C21H15NO2/c1-24-18-9-4-8-16(12-18)21(17(13-22)14-23)20-11-5-7-15-6-2-3-10-19(15)20/h2-12,21H,1H3. The monoisotopic (exact) mass is 313 g/mol. The number of methoxy groups -OCH3 is 1. The van der Waals surface area contributed by atoms with Gasteiger partial charge in [0.25, 0.3) is 0 Å². The lowest BCUT2D eigenvalue weighted by molar-refractivity contribution is 0.414. The van der Waals surface area contributed by atoms with Crippen LogP contribution in [0.3, 0.4) is 0 Å². The van der Waals surface area contributed by atoms with E-state index in [1.165, 1.54) is 0 Å². The van der Waals surface area contributed by atoms with E-state index in [-0.39, 0.29) is 5.57 Å². The fourth-order valence-corrected chi connectivity index (χ4v) is 2.97. The Hall–Kier alpha value is -3.34. The van der Waals surface area contributed by atoms with Gasteiger partial charge in [0.1, 0.15) is 23.3 Å². The van der Waals surface area contributed by atoms with E-state index < -0.39 is 5.92 Å². The van der Waals surface area contributed by atoms with Gasteiger partial charge in [0, 0.05) is 0 Å². The average molecular weight is 313 g/mol. The van der Waals surface area contributed by atoms with Gasteiger partial charge in [-0.15, -0.1) is 0 Å². The van der Waals surface area contributed by atoms with E-state index in [0.29, 0.717) is 5.75 Å². The number of ether oxygens (including phenoxy) is 1. The molecule has 3 rings (SSSR count). The zero-order chi connectivity index (χ0) is 16.9. The van der Waals surface area contributed by atoms with Gasteiger partial charge in [-0.3, -0.25) is 0 Å². The van der Waals surface area contributed by atoms with E-state index in [0.717, 1.165) is 21.9 Å². The van der Waals surface area contributed by atoms with Crippen LogP contribution in [0.15, 0.2) is 72.3 Å². The summed E-state index contributed by atoms with van der Waals surface area (Å²) in [5.74, 6) is 2.02. The molecule has 116 valence electrons. The lowest BCUT2D eigenvalue weighted by atomic mass is 9.83. The number of hydrogen-bond acceptors (Lipinski definition) is 3. The van der Waals surface area contributed by atoms with Gasteiger partial charge in [0.15, 0.2) is 0 Å². The van der Waals surface area contributed by atoms with E-state index in [9.17, 15) is 10.1 Å². The zero-order valence-electron chi connectivity index (χ0n) is 13.2. The van der Waals surface area contributed by atoms with E-state index >= 15 is 0 Å². The molecule has 0 bridgehead atoms. The predicted octanol–water partition coefficient (Wildman–Crippen LogP) is 4.26. The molecular weight excluding hydrogens is 298 g/mol. The summed E-state index contributed by atoms with van der Waals surface area (Å²) in [6, 6.07) is 23.2. The second kappa shape index (κ2) is 6.83. The fourth-order valence-electron chi connectivity index (χ4n) is 2.97. The van der Waals surface area contributed by atoms with Gasteiger partial charge in [-0.1, -0.05) is 54.6 Å². The number of carbonyl (C=O) groups excluding carboxylic acids is 1. The third-order valence-electron chi connectivity index (χ3n) is 4.08. The summed E-state index contributed by atoms with van der Waals surface area (Å²) >= 11 is 0. The van der Waals surface area contributed by atoms with Crippen LogP contribution in [0, 0.1) is 11.3 Å². The normalized spacial score (nSPS) is 11.3. The quantitative estimate of drug-likeness (QED) is 0.534. The smallest absolute Gasteiger partial charge is 0.140 e. The Labute approximate surface area is 140 Å². The van der Waals surface area contributed by atoms with Crippen molar-refractivity contribution in [1.82, 2.24) is 0 Å². The summed E-state index contributed by atoms with van der Waals surface area (Å²) in [7, 11) is 1.59. The van der Waals surface area contributed by atoms with Crippen molar-refractivity contribution in [3.05, 3.63) is 83.4 Å². The summed E-state index contributed by atoms with van der Waals surface area (Å²) in [5.41, 5.74) is 1.78. The first kappa shape index (κ1) is 15.6. The zero-order valence-corrected chi connectivity index (χ0v) is 13.2. The van der Waals surface area contributed by atoms with Crippen LogP contribution in [0.25, 0.3) is 10.8 Å². The molecule has 1 unspecified atom stereocenters. The highest BCUT2D eigenvalue weighted by molar-refractivity contribution is 5.88. The number of nitriles is 1. The van der Waals surface area contributed by atoms with E-state index in [4.69, 9.17) is 4.74 Å². The fraction of sp³-hybridized carbons (Fsp3) is 0.0952. The van der Waals surface area contributed by atoms with E-state index in [1.807, 2.05) is 78.7 Å². The Bertz CT molecular complexity index is 973. The number of benzene rings is 3. The summed E-state index contributed by atoms with van der Waals surface area (Å²) in [4.78, 5) is 11.4. The first-order valence-corrected chi connectivity index (χ1v) is 7.55. The molecule has 0 aliphatic carbocycles. The second-order valence-electron chi connectivity index (χ2n) is 5.41. The van der Waals surface area contributed by atoms with Crippen molar-refractivity contribution in [2.45, 2.75) is 5.92 Å². The van der Waals surface area contributed by atoms with E-state index in [2.05, 4.69) is 0 Å². The molecule has 0 aliphatic heterocycles. The summed E-state index contributed by atoms with van der Waals surface area (Å²) in [6.07, 6.45) is 0. The highest BCUT2D eigenvalue weighted by Crippen LogP contribution is 2.36. The molecule has 3 heteroatoms. The van der Waals surface area contributed by atoms with Crippen LogP contribution in [-0.2, 0) is 4.79 Å². The molecule has 0 N–H and O–H groups in total.